The molecular weight excluding hydrogens is 254 g/mol. The number of benzene rings is 1. The highest BCUT2D eigenvalue weighted by molar-refractivity contribution is 5.70. The van der Waals surface area contributed by atoms with Gasteiger partial charge in [0.15, 0.2) is 0 Å². The van der Waals surface area contributed by atoms with Gasteiger partial charge < -0.3 is 15.2 Å². The van der Waals surface area contributed by atoms with Crippen molar-refractivity contribution in [3.63, 3.8) is 0 Å². The van der Waals surface area contributed by atoms with E-state index in [0.29, 0.717) is 0 Å². The Morgan fingerprint density at radius 1 is 1.25 bits per heavy atom. The maximum absolute atomic E-state index is 11.6. The summed E-state index contributed by atoms with van der Waals surface area (Å²) in [5.74, 6) is 0.467. The molecule has 4 nitrogen and oxygen atoms in total. The van der Waals surface area contributed by atoms with Gasteiger partial charge in [0.2, 0.25) is 0 Å². The predicted octanol–water partition coefficient (Wildman–Crippen LogP) is 2.86. The van der Waals surface area contributed by atoms with Crippen LogP contribution in [0, 0.1) is 0 Å². The molecule has 0 heterocycles. The van der Waals surface area contributed by atoms with Gasteiger partial charge in [-0.3, -0.25) is 4.79 Å². The summed E-state index contributed by atoms with van der Waals surface area (Å²) in [4.78, 5) is 11.6. The molecule has 4 heteroatoms. The van der Waals surface area contributed by atoms with E-state index in [-0.39, 0.29) is 24.4 Å². The zero-order chi connectivity index (χ0) is 15.3. The summed E-state index contributed by atoms with van der Waals surface area (Å²) in [6, 6.07) is 7.73. The van der Waals surface area contributed by atoms with Gasteiger partial charge in [-0.2, -0.15) is 0 Å². The highest BCUT2D eigenvalue weighted by Gasteiger charge is 2.29. The topological polar surface area (TPSA) is 61.5 Å². The number of nitrogens with two attached hydrogens (primary N) is 1. The highest BCUT2D eigenvalue weighted by Crippen LogP contribution is 2.31. The van der Waals surface area contributed by atoms with E-state index in [9.17, 15) is 4.79 Å². The van der Waals surface area contributed by atoms with Crippen molar-refractivity contribution in [3.05, 3.63) is 29.8 Å². The fourth-order valence-electron chi connectivity index (χ4n) is 2.11. The molecule has 0 saturated heterocycles. The van der Waals surface area contributed by atoms with Gasteiger partial charge in [0.1, 0.15) is 5.75 Å². The third-order valence-corrected chi connectivity index (χ3v) is 3.15. The average molecular weight is 279 g/mol. The van der Waals surface area contributed by atoms with Crippen molar-refractivity contribution in [2.24, 2.45) is 5.73 Å². The Labute approximate surface area is 121 Å². The maximum Gasteiger partial charge on any atom is 0.306 e. The minimum atomic E-state index is -0.505. The lowest BCUT2D eigenvalue weighted by Crippen LogP contribution is -2.40. The number of carbonyl (C=O) groups excluding carboxylic acids is 1. The minimum Gasteiger partial charge on any atom is -0.491 e. The fraction of sp³-hybridized carbons (Fsp3) is 0.562. The van der Waals surface area contributed by atoms with Crippen molar-refractivity contribution in [3.8, 4) is 5.75 Å². The molecule has 0 bridgehead atoms. The molecule has 0 saturated carbocycles. The number of methoxy groups -OCH3 is 1. The second-order valence-corrected chi connectivity index (χ2v) is 5.89. The molecule has 20 heavy (non-hydrogen) atoms. The lowest BCUT2D eigenvalue weighted by molar-refractivity contribution is -0.141. The molecular formula is C16H25NO3. The molecule has 0 aliphatic rings. The van der Waals surface area contributed by atoms with Crippen LogP contribution in [0.2, 0.25) is 0 Å². The Kier molecular flexibility index (Phi) is 5.57. The molecule has 1 aromatic carbocycles. The molecule has 0 aliphatic heterocycles. The van der Waals surface area contributed by atoms with Crippen LogP contribution in [0.25, 0.3) is 0 Å². The Morgan fingerprint density at radius 2 is 1.80 bits per heavy atom. The first kappa shape index (κ1) is 16.5. The van der Waals surface area contributed by atoms with E-state index in [1.165, 1.54) is 7.11 Å². The minimum absolute atomic E-state index is 0.0944. The maximum atomic E-state index is 11.6. The monoisotopic (exact) mass is 279 g/mol. The fourth-order valence-corrected chi connectivity index (χ4v) is 2.11. The number of rotatable bonds is 6. The van der Waals surface area contributed by atoms with Gasteiger partial charge in [-0.15, -0.1) is 0 Å². The normalized spacial score (nSPS) is 13.2. The summed E-state index contributed by atoms with van der Waals surface area (Å²) in [5, 5.41) is 0. The van der Waals surface area contributed by atoms with Gasteiger partial charge in [0.25, 0.3) is 0 Å². The third kappa shape index (κ3) is 4.85. The molecule has 1 aromatic rings. The van der Waals surface area contributed by atoms with Crippen molar-refractivity contribution in [2.75, 3.05) is 7.11 Å². The van der Waals surface area contributed by atoms with Gasteiger partial charge in [-0.1, -0.05) is 12.1 Å². The SMILES string of the molecule is COC(=O)CC(c1ccc(OC(C)C)cc1)C(C)(C)N. The van der Waals surface area contributed by atoms with Crippen LogP contribution in [-0.4, -0.2) is 24.7 Å². The van der Waals surface area contributed by atoms with Crippen LogP contribution >= 0.6 is 0 Å². The summed E-state index contributed by atoms with van der Waals surface area (Å²) in [6.45, 7) is 7.80. The first-order valence-corrected chi connectivity index (χ1v) is 6.86. The Bertz CT molecular complexity index is 432. The summed E-state index contributed by atoms with van der Waals surface area (Å²) in [7, 11) is 1.39. The Hall–Kier alpha value is -1.55. The second kappa shape index (κ2) is 6.75. The number of hydrogen-bond acceptors (Lipinski definition) is 4. The van der Waals surface area contributed by atoms with Gasteiger partial charge >= 0.3 is 5.97 Å². The lowest BCUT2D eigenvalue weighted by Gasteiger charge is -2.30. The average Bonchev–Trinajstić information content (AvgIpc) is 2.34. The summed E-state index contributed by atoms with van der Waals surface area (Å²) < 4.78 is 10.4. The van der Waals surface area contributed by atoms with Crippen molar-refractivity contribution in [1.82, 2.24) is 0 Å². The standard InChI is InChI=1S/C16H25NO3/c1-11(2)20-13-8-6-12(7-9-13)14(16(3,4)17)10-15(18)19-5/h6-9,11,14H,10,17H2,1-5H3. The predicted molar refractivity (Wildman–Crippen MR) is 79.8 cm³/mol. The lowest BCUT2D eigenvalue weighted by atomic mass is 9.80. The molecule has 112 valence electrons. The first-order chi connectivity index (χ1) is 9.24. The van der Waals surface area contributed by atoms with Crippen LogP contribution in [0.4, 0.5) is 0 Å². The van der Waals surface area contributed by atoms with Gasteiger partial charge in [0.05, 0.1) is 19.6 Å². The quantitative estimate of drug-likeness (QED) is 0.813. The van der Waals surface area contributed by atoms with E-state index in [4.69, 9.17) is 15.2 Å². The smallest absolute Gasteiger partial charge is 0.306 e. The number of ether oxygens (including phenoxy) is 2. The highest BCUT2D eigenvalue weighted by atomic mass is 16.5. The third-order valence-electron chi connectivity index (χ3n) is 3.15. The molecule has 0 aromatic heterocycles. The van der Waals surface area contributed by atoms with Crippen LogP contribution in [0.3, 0.4) is 0 Å². The van der Waals surface area contributed by atoms with Crippen LogP contribution in [0.5, 0.6) is 5.75 Å². The zero-order valence-electron chi connectivity index (χ0n) is 13.0. The van der Waals surface area contributed by atoms with E-state index in [1.807, 2.05) is 52.0 Å². The molecule has 0 amide bonds. The van der Waals surface area contributed by atoms with Crippen molar-refractivity contribution >= 4 is 5.97 Å². The largest absolute Gasteiger partial charge is 0.491 e. The van der Waals surface area contributed by atoms with Crippen molar-refractivity contribution in [1.29, 1.82) is 0 Å². The van der Waals surface area contributed by atoms with Crippen LogP contribution in [-0.2, 0) is 9.53 Å². The molecule has 0 fully saturated rings. The van der Waals surface area contributed by atoms with E-state index in [0.717, 1.165) is 11.3 Å². The summed E-state index contributed by atoms with van der Waals surface area (Å²) in [6.07, 6.45) is 0.405. The van der Waals surface area contributed by atoms with Crippen LogP contribution in [0.1, 0.15) is 45.6 Å². The molecule has 1 rings (SSSR count). The molecule has 2 N–H and O–H groups in total. The van der Waals surface area contributed by atoms with Gasteiger partial charge in [-0.05, 0) is 45.4 Å². The molecule has 1 atom stereocenters. The van der Waals surface area contributed by atoms with E-state index in [1.54, 1.807) is 0 Å². The molecule has 1 unspecified atom stereocenters. The summed E-state index contributed by atoms with van der Waals surface area (Å²) in [5.41, 5.74) is 6.70. The van der Waals surface area contributed by atoms with E-state index >= 15 is 0 Å². The number of esters is 1. The zero-order valence-corrected chi connectivity index (χ0v) is 13.0. The van der Waals surface area contributed by atoms with Crippen molar-refractivity contribution in [2.45, 2.75) is 51.7 Å². The Balaban J connectivity index is 2.94. The van der Waals surface area contributed by atoms with Gasteiger partial charge in [-0.25, -0.2) is 0 Å². The van der Waals surface area contributed by atoms with Gasteiger partial charge in [0, 0.05) is 11.5 Å². The molecule has 0 spiro atoms. The summed E-state index contributed by atoms with van der Waals surface area (Å²) >= 11 is 0. The molecule has 0 aliphatic carbocycles. The molecule has 0 radical (unpaired) electrons. The van der Waals surface area contributed by atoms with E-state index in [2.05, 4.69) is 0 Å². The number of carbonyl (C=O) groups is 1. The Morgan fingerprint density at radius 3 is 2.20 bits per heavy atom. The van der Waals surface area contributed by atoms with E-state index < -0.39 is 5.54 Å². The first-order valence-electron chi connectivity index (χ1n) is 6.86. The van der Waals surface area contributed by atoms with Crippen LogP contribution < -0.4 is 10.5 Å². The van der Waals surface area contributed by atoms with Crippen LogP contribution in [0.15, 0.2) is 24.3 Å². The van der Waals surface area contributed by atoms with Crippen molar-refractivity contribution < 1.29 is 14.3 Å². The second-order valence-electron chi connectivity index (χ2n) is 5.89. The number of hydrogen-bond donors (Lipinski definition) is 1.